The van der Waals surface area contributed by atoms with Crippen molar-refractivity contribution >= 4 is 31.9 Å². The number of aryl methyl sites for hydroxylation is 1. The molecule has 0 aromatic heterocycles. The van der Waals surface area contributed by atoms with Gasteiger partial charge in [-0.25, -0.2) is 4.39 Å². The molecule has 2 aromatic carbocycles. The second-order valence-electron chi connectivity index (χ2n) is 5.84. The van der Waals surface area contributed by atoms with Crippen molar-refractivity contribution in [2.75, 3.05) is 5.33 Å². The van der Waals surface area contributed by atoms with E-state index in [2.05, 4.69) is 56.1 Å². The summed E-state index contributed by atoms with van der Waals surface area (Å²) in [7, 11) is 0. The van der Waals surface area contributed by atoms with Crippen molar-refractivity contribution < 1.29 is 4.39 Å². The first-order valence-corrected chi connectivity index (χ1v) is 9.14. The highest BCUT2D eigenvalue weighted by molar-refractivity contribution is 9.10. The van der Waals surface area contributed by atoms with E-state index in [-0.39, 0.29) is 11.2 Å². The highest BCUT2D eigenvalue weighted by Gasteiger charge is 2.36. The van der Waals surface area contributed by atoms with E-state index in [1.807, 2.05) is 12.1 Å². The van der Waals surface area contributed by atoms with Crippen molar-refractivity contribution in [1.82, 2.24) is 0 Å². The minimum absolute atomic E-state index is 0.00348. The largest absolute Gasteiger partial charge is 0.207 e. The molecule has 0 bridgehead atoms. The molecular formula is C18H17Br2F. The molecule has 3 rings (SSSR count). The Bertz CT molecular complexity index is 653. The van der Waals surface area contributed by atoms with E-state index in [1.54, 1.807) is 6.07 Å². The normalized spacial score (nSPS) is 21.1. The quantitative estimate of drug-likeness (QED) is 0.560. The fourth-order valence-electron chi connectivity index (χ4n) is 3.41. The fourth-order valence-corrected chi connectivity index (χ4v) is 4.52. The average molecular weight is 412 g/mol. The molecule has 110 valence electrons. The van der Waals surface area contributed by atoms with E-state index in [4.69, 9.17) is 0 Å². The van der Waals surface area contributed by atoms with Crippen LogP contribution >= 0.6 is 31.9 Å². The van der Waals surface area contributed by atoms with Crippen LogP contribution in [0.4, 0.5) is 4.39 Å². The smallest absolute Gasteiger partial charge is 0.127 e. The molecule has 0 spiro atoms. The van der Waals surface area contributed by atoms with E-state index < -0.39 is 0 Å². The van der Waals surface area contributed by atoms with E-state index in [0.717, 1.165) is 34.6 Å². The van der Waals surface area contributed by atoms with Crippen LogP contribution < -0.4 is 0 Å². The average Bonchev–Trinajstić information content (AvgIpc) is 2.50. The topological polar surface area (TPSA) is 0 Å². The lowest BCUT2D eigenvalue weighted by Crippen LogP contribution is -2.35. The van der Waals surface area contributed by atoms with Gasteiger partial charge in [0.1, 0.15) is 5.82 Å². The molecule has 1 aliphatic carbocycles. The third-order valence-electron chi connectivity index (χ3n) is 4.49. The Morgan fingerprint density at radius 1 is 1.14 bits per heavy atom. The Morgan fingerprint density at radius 2 is 1.95 bits per heavy atom. The van der Waals surface area contributed by atoms with Gasteiger partial charge in [0.15, 0.2) is 0 Å². The van der Waals surface area contributed by atoms with E-state index in [1.165, 1.54) is 17.5 Å². The molecule has 0 amide bonds. The number of hydrogen-bond acceptors (Lipinski definition) is 0. The molecule has 0 saturated heterocycles. The van der Waals surface area contributed by atoms with Gasteiger partial charge in [0, 0.05) is 15.2 Å². The standard InChI is InChI=1S/C18H17Br2F/c19-12-18(11-14-7-8-15(20)10-17(14)21)9-3-5-13-4-1-2-6-16(13)18/h1-2,4,6-8,10H,3,5,9,11-12H2. The maximum absolute atomic E-state index is 14.2. The van der Waals surface area contributed by atoms with Gasteiger partial charge in [0.05, 0.1) is 0 Å². The van der Waals surface area contributed by atoms with Crippen molar-refractivity contribution in [3.63, 3.8) is 0 Å². The molecular weight excluding hydrogens is 395 g/mol. The highest BCUT2D eigenvalue weighted by Crippen LogP contribution is 2.41. The first-order valence-electron chi connectivity index (χ1n) is 7.23. The molecule has 1 aliphatic rings. The van der Waals surface area contributed by atoms with Gasteiger partial charge in [-0.05, 0) is 54.5 Å². The van der Waals surface area contributed by atoms with Crippen LogP contribution in [0.25, 0.3) is 0 Å². The highest BCUT2D eigenvalue weighted by atomic mass is 79.9. The van der Waals surface area contributed by atoms with Crippen LogP contribution in [0.2, 0.25) is 0 Å². The van der Waals surface area contributed by atoms with Gasteiger partial charge in [0.2, 0.25) is 0 Å². The molecule has 1 atom stereocenters. The second kappa shape index (κ2) is 6.21. The first-order chi connectivity index (χ1) is 10.1. The first kappa shape index (κ1) is 15.2. The summed E-state index contributed by atoms with van der Waals surface area (Å²) in [5, 5.41) is 0.868. The van der Waals surface area contributed by atoms with Crippen molar-refractivity contribution in [1.29, 1.82) is 0 Å². The van der Waals surface area contributed by atoms with Crippen LogP contribution in [-0.2, 0) is 18.3 Å². The Kier molecular flexibility index (Phi) is 4.51. The molecule has 21 heavy (non-hydrogen) atoms. The van der Waals surface area contributed by atoms with Crippen LogP contribution in [0.15, 0.2) is 46.9 Å². The van der Waals surface area contributed by atoms with E-state index in [0.29, 0.717) is 0 Å². The predicted molar refractivity (Wildman–Crippen MR) is 92.7 cm³/mol. The molecule has 0 heterocycles. The maximum Gasteiger partial charge on any atom is 0.127 e. The number of fused-ring (bicyclic) bond motifs is 1. The van der Waals surface area contributed by atoms with Gasteiger partial charge in [-0.1, -0.05) is 62.2 Å². The zero-order chi connectivity index (χ0) is 14.9. The molecule has 0 saturated carbocycles. The summed E-state index contributed by atoms with van der Waals surface area (Å²) in [6.45, 7) is 0. The van der Waals surface area contributed by atoms with E-state index in [9.17, 15) is 4.39 Å². The fraction of sp³-hybridized carbons (Fsp3) is 0.333. The Morgan fingerprint density at radius 3 is 2.71 bits per heavy atom. The summed E-state index contributed by atoms with van der Waals surface area (Å²) in [4.78, 5) is 0. The van der Waals surface area contributed by atoms with Crippen molar-refractivity contribution in [2.45, 2.75) is 31.1 Å². The summed E-state index contributed by atoms with van der Waals surface area (Å²) >= 11 is 7.03. The van der Waals surface area contributed by atoms with Crippen molar-refractivity contribution in [3.05, 3.63) is 69.4 Å². The number of alkyl halides is 1. The van der Waals surface area contributed by atoms with Crippen molar-refractivity contribution in [3.8, 4) is 0 Å². The Labute approximate surface area is 142 Å². The molecule has 3 heteroatoms. The molecule has 0 aliphatic heterocycles. The van der Waals surface area contributed by atoms with Crippen LogP contribution in [-0.4, -0.2) is 5.33 Å². The summed E-state index contributed by atoms with van der Waals surface area (Å²) in [6, 6.07) is 14.0. The van der Waals surface area contributed by atoms with Crippen LogP contribution in [0, 0.1) is 5.82 Å². The molecule has 2 aromatic rings. The lowest BCUT2D eigenvalue weighted by atomic mass is 9.68. The summed E-state index contributed by atoms with van der Waals surface area (Å²) < 4.78 is 15.0. The van der Waals surface area contributed by atoms with Crippen molar-refractivity contribution in [2.24, 2.45) is 0 Å². The SMILES string of the molecule is Fc1cc(Br)ccc1CC1(CBr)CCCc2ccccc21. The van der Waals surface area contributed by atoms with E-state index >= 15 is 0 Å². The molecule has 0 radical (unpaired) electrons. The Hall–Kier alpha value is -0.670. The van der Waals surface area contributed by atoms with Crippen LogP contribution in [0.1, 0.15) is 29.5 Å². The lowest BCUT2D eigenvalue weighted by molar-refractivity contribution is 0.395. The van der Waals surface area contributed by atoms with Gasteiger partial charge < -0.3 is 0 Å². The minimum atomic E-state index is -0.118. The monoisotopic (exact) mass is 410 g/mol. The third-order valence-corrected chi connectivity index (χ3v) is 6.06. The van der Waals surface area contributed by atoms with Gasteiger partial charge in [-0.3, -0.25) is 0 Å². The molecule has 0 N–H and O–H groups in total. The number of benzene rings is 2. The Balaban J connectivity index is 2.02. The maximum atomic E-state index is 14.2. The van der Waals surface area contributed by atoms with Gasteiger partial charge >= 0.3 is 0 Å². The molecule has 0 nitrogen and oxygen atoms in total. The van der Waals surface area contributed by atoms with Crippen LogP contribution in [0.3, 0.4) is 0 Å². The number of hydrogen-bond donors (Lipinski definition) is 0. The second-order valence-corrected chi connectivity index (χ2v) is 7.31. The summed E-state index contributed by atoms with van der Waals surface area (Å²) in [6.07, 6.45) is 4.15. The predicted octanol–water partition coefficient (Wildman–Crippen LogP) is 5.80. The van der Waals surface area contributed by atoms with Crippen LogP contribution in [0.5, 0.6) is 0 Å². The minimum Gasteiger partial charge on any atom is -0.207 e. The molecule has 0 fully saturated rings. The number of rotatable bonds is 3. The summed E-state index contributed by atoms with van der Waals surface area (Å²) in [5.74, 6) is -0.118. The number of halogens is 3. The third kappa shape index (κ3) is 2.95. The van der Waals surface area contributed by atoms with Gasteiger partial charge in [0.25, 0.3) is 0 Å². The summed E-state index contributed by atoms with van der Waals surface area (Å²) in [5.41, 5.74) is 3.61. The molecule has 1 unspecified atom stereocenters. The van der Waals surface area contributed by atoms with Gasteiger partial charge in [-0.15, -0.1) is 0 Å². The van der Waals surface area contributed by atoms with Gasteiger partial charge in [-0.2, -0.15) is 0 Å². The zero-order valence-electron chi connectivity index (χ0n) is 11.7. The lowest BCUT2D eigenvalue weighted by Gasteiger charge is -2.38. The zero-order valence-corrected chi connectivity index (χ0v) is 14.9.